The van der Waals surface area contributed by atoms with Gasteiger partial charge in [-0.3, -0.25) is 14.4 Å². The third-order valence-electron chi connectivity index (χ3n) is 6.57. The van der Waals surface area contributed by atoms with E-state index in [1.165, 1.54) is 50.5 Å². The van der Waals surface area contributed by atoms with Crippen LogP contribution in [0.25, 0.3) is 16.6 Å². The molecular formula is C34H30N4O6S3. The second-order valence-electron chi connectivity index (χ2n) is 9.66. The molecule has 0 saturated carbocycles. The van der Waals surface area contributed by atoms with Crippen LogP contribution in [0.3, 0.4) is 0 Å². The summed E-state index contributed by atoms with van der Waals surface area (Å²) in [6.45, 7) is 0. The molecule has 0 spiro atoms. The molecule has 5 rings (SSSR count). The number of nitrogens with one attached hydrogen (secondary N) is 3. The molecule has 3 amide bonds. The maximum absolute atomic E-state index is 13.6. The number of thioether (sulfide) groups is 1. The Balaban J connectivity index is 1.27. The van der Waals surface area contributed by atoms with E-state index in [0.717, 1.165) is 15.5 Å². The van der Waals surface area contributed by atoms with Crippen LogP contribution in [0.15, 0.2) is 100 Å². The minimum Gasteiger partial charge on any atom is -0.496 e. The highest BCUT2D eigenvalue weighted by atomic mass is 32.2. The molecule has 0 unspecified atom stereocenters. The average Bonchev–Trinajstić information content (AvgIpc) is 3.80. The molecule has 13 heteroatoms. The van der Waals surface area contributed by atoms with Crippen molar-refractivity contribution in [1.29, 1.82) is 0 Å². The lowest BCUT2D eigenvalue weighted by atomic mass is 10.1. The molecule has 0 aliphatic heterocycles. The van der Waals surface area contributed by atoms with Crippen molar-refractivity contribution < 1.29 is 28.6 Å². The Morgan fingerprint density at radius 2 is 1.55 bits per heavy atom. The molecule has 3 aromatic carbocycles. The summed E-state index contributed by atoms with van der Waals surface area (Å²) in [5.41, 5.74) is 2.17. The molecule has 2 heterocycles. The Morgan fingerprint density at radius 1 is 0.830 bits per heavy atom. The topological polar surface area (TPSA) is 128 Å². The van der Waals surface area contributed by atoms with Crippen molar-refractivity contribution in [2.75, 3.05) is 37.7 Å². The monoisotopic (exact) mass is 686 g/mol. The number of carbonyl (C=O) groups excluding carboxylic acids is 3. The second kappa shape index (κ2) is 15.9. The number of rotatable bonds is 13. The Morgan fingerprint density at radius 3 is 2.23 bits per heavy atom. The van der Waals surface area contributed by atoms with Crippen LogP contribution in [0.5, 0.6) is 17.2 Å². The number of benzene rings is 3. The fourth-order valence-corrected chi connectivity index (χ4v) is 6.46. The van der Waals surface area contributed by atoms with Gasteiger partial charge >= 0.3 is 0 Å². The first-order chi connectivity index (χ1) is 22.9. The molecule has 240 valence electrons. The second-order valence-corrected chi connectivity index (χ2v) is 12.5. The van der Waals surface area contributed by atoms with E-state index in [9.17, 15) is 14.4 Å². The first-order valence-corrected chi connectivity index (χ1v) is 16.8. The van der Waals surface area contributed by atoms with Gasteiger partial charge in [0.2, 0.25) is 5.91 Å². The summed E-state index contributed by atoms with van der Waals surface area (Å²) < 4.78 is 16.3. The predicted molar refractivity (Wildman–Crippen MR) is 188 cm³/mol. The fraction of sp³-hybridized carbons (Fsp3) is 0.118. The number of hydrogen-bond donors (Lipinski definition) is 3. The van der Waals surface area contributed by atoms with Gasteiger partial charge in [-0.2, -0.15) is 0 Å². The molecule has 3 N–H and O–H groups in total. The van der Waals surface area contributed by atoms with Crippen LogP contribution in [0.4, 0.5) is 10.8 Å². The van der Waals surface area contributed by atoms with Gasteiger partial charge in [-0.15, -0.1) is 34.4 Å². The van der Waals surface area contributed by atoms with E-state index in [4.69, 9.17) is 14.2 Å². The number of thiazole rings is 1. The number of amides is 3. The average molecular weight is 687 g/mol. The van der Waals surface area contributed by atoms with Crippen LogP contribution < -0.4 is 30.2 Å². The van der Waals surface area contributed by atoms with Crippen molar-refractivity contribution in [2.45, 2.75) is 4.90 Å². The smallest absolute Gasteiger partial charge is 0.272 e. The van der Waals surface area contributed by atoms with E-state index >= 15 is 0 Å². The van der Waals surface area contributed by atoms with Gasteiger partial charge < -0.3 is 30.2 Å². The van der Waals surface area contributed by atoms with Crippen LogP contribution >= 0.6 is 34.4 Å². The molecule has 0 atom stereocenters. The van der Waals surface area contributed by atoms with Crippen molar-refractivity contribution in [1.82, 2.24) is 10.3 Å². The molecule has 0 aliphatic carbocycles. The van der Waals surface area contributed by atoms with E-state index in [-0.39, 0.29) is 17.4 Å². The van der Waals surface area contributed by atoms with Gasteiger partial charge in [-0.25, -0.2) is 4.98 Å². The molecule has 5 aromatic rings. The lowest BCUT2D eigenvalue weighted by Gasteiger charge is -2.15. The molecule has 0 bridgehead atoms. The van der Waals surface area contributed by atoms with Gasteiger partial charge in [0, 0.05) is 33.2 Å². The Bertz CT molecular complexity index is 1870. The maximum atomic E-state index is 13.6. The number of carbonyl (C=O) groups is 3. The van der Waals surface area contributed by atoms with Gasteiger partial charge in [-0.05, 0) is 60.0 Å². The fourth-order valence-electron chi connectivity index (χ4n) is 4.27. The van der Waals surface area contributed by atoms with Crippen LogP contribution in [-0.4, -0.2) is 49.8 Å². The quantitative estimate of drug-likeness (QED) is 0.0890. The van der Waals surface area contributed by atoms with Crippen molar-refractivity contribution in [3.8, 4) is 27.8 Å². The lowest BCUT2D eigenvalue weighted by molar-refractivity contribution is -0.114. The number of methoxy groups -OCH3 is 3. The van der Waals surface area contributed by atoms with E-state index < -0.39 is 11.8 Å². The summed E-state index contributed by atoms with van der Waals surface area (Å²) >= 11 is 4.33. The zero-order valence-corrected chi connectivity index (χ0v) is 28.0. The van der Waals surface area contributed by atoms with Gasteiger partial charge in [0.25, 0.3) is 11.8 Å². The van der Waals surface area contributed by atoms with Crippen LogP contribution in [0.2, 0.25) is 0 Å². The molecule has 0 radical (unpaired) electrons. The van der Waals surface area contributed by atoms with E-state index in [2.05, 4.69) is 20.9 Å². The van der Waals surface area contributed by atoms with Crippen molar-refractivity contribution in [3.63, 3.8) is 0 Å². The standard InChI is InChI=1S/C34H30N4O6S3/c1-42-27-18-29(44-3)28(43-2)17-22(27)16-25(36-32(40)21-8-5-4-6-9-21)33(41)35-23-11-13-24(14-12-23)46-20-31(39)38-34-37-26(19-47-34)30-10-7-15-45-30/h4-19H,20H2,1-3H3,(H,35,41)(H,36,40)(H,37,38,39)/b25-16-. The predicted octanol–water partition coefficient (Wildman–Crippen LogP) is 7.04. The number of anilines is 2. The van der Waals surface area contributed by atoms with Crippen LogP contribution in [0, 0.1) is 0 Å². The number of ether oxygens (including phenoxy) is 3. The van der Waals surface area contributed by atoms with Crippen LogP contribution in [-0.2, 0) is 9.59 Å². The first kappa shape index (κ1) is 33.3. The van der Waals surface area contributed by atoms with E-state index in [1.54, 1.807) is 78.1 Å². The molecular weight excluding hydrogens is 657 g/mol. The Kier molecular flexibility index (Phi) is 11.3. The molecule has 0 saturated heterocycles. The van der Waals surface area contributed by atoms with Crippen LogP contribution in [0.1, 0.15) is 15.9 Å². The Labute approximate surface area is 283 Å². The van der Waals surface area contributed by atoms with Crippen molar-refractivity contribution in [2.24, 2.45) is 0 Å². The maximum Gasteiger partial charge on any atom is 0.272 e. The van der Waals surface area contributed by atoms with Crippen molar-refractivity contribution in [3.05, 3.63) is 106 Å². The first-order valence-electron chi connectivity index (χ1n) is 14.1. The molecule has 2 aromatic heterocycles. The van der Waals surface area contributed by atoms with Gasteiger partial charge in [0.15, 0.2) is 16.6 Å². The zero-order chi connectivity index (χ0) is 33.2. The zero-order valence-electron chi connectivity index (χ0n) is 25.6. The minimum atomic E-state index is -0.559. The summed E-state index contributed by atoms with van der Waals surface area (Å²) in [5.74, 6) is 0.269. The van der Waals surface area contributed by atoms with Crippen molar-refractivity contribution >= 4 is 69.1 Å². The summed E-state index contributed by atoms with van der Waals surface area (Å²) in [6.07, 6.45) is 1.51. The number of thiophene rings is 1. The highest BCUT2D eigenvalue weighted by molar-refractivity contribution is 8.00. The van der Waals surface area contributed by atoms with E-state index in [0.29, 0.717) is 39.2 Å². The number of aromatic nitrogens is 1. The largest absolute Gasteiger partial charge is 0.496 e. The molecule has 10 nitrogen and oxygen atoms in total. The third kappa shape index (κ3) is 8.79. The van der Waals surface area contributed by atoms with Gasteiger partial charge in [0.1, 0.15) is 11.4 Å². The highest BCUT2D eigenvalue weighted by Gasteiger charge is 2.18. The minimum absolute atomic E-state index is 0.0241. The lowest BCUT2D eigenvalue weighted by Crippen LogP contribution is -2.30. The van der Waals surface area contributed by atoms with Gasteiger partial charge in [-0.1, -0.05) is 24.3 Å². The summed E-state index contributed by atoms with van der Waals surface area (Å²) in [5, 5.41) is 12.8. The molecule has 0 aliphatic rings. The van der Waals surface area contributed by atoms with Gasteiger partial charge in [0.05, 0.1) is 37.7 Å². The summed E-state index contributed by atoms with van der Waals surface area (Å²) in [4.78, 5) is 45.5. The summed E-state index contributed by atoms with van der Waals surface area (Å²) in [6, 6.07) is 22.9. The number of hydrogen-bond acceptors (Lipinski definition) is 10. The molecule has 47 heavy (non-hydrogen) atoms. The highest BCUT2D eigenvalue weighted by Crippen LogP contribution is 2.36. The molecule has 0 fully saturated rings. The normalized spacial score (nSPS) is 11.0. The van der Waals surface area contributed by atoms with E-state index in [1.807, 2.05) is 22.9 Å². The SMILES string of the molecule is COc1cc(OC)c(OC)cc1/C=C(\NC(=O)c1ccccc1)C(=O)Nc1ccc(SCC(=O)Nc2nc(-c3cccs3)cs2)cc1. The Hall–Kier alpha value is -5.11. The summed E-state index contributed by atoms with van der Waals surface area (Å²) in [7, 11) is 4.50. The third-order valence-corrected chi connectivity index (χ3v) is 9.23. The number of nitrogens with zero attached hydrogens (tertiary/aromatic N) is 1.